The summed E-state index contributed by atoms with van der Waals surface area (Å²) in [6.07, 6.45) is 1.90. The number of amides is 1. The van der Waals surface area contributed by atoms with E-state index in [0.29, 0.717) is 23.4 Å². The minimum Gasteiger partial charge on any atom is -0.348 e. The summed E-state index contributed by atoms with van der Waals surface area (Å²) in [7, 11) is -3.88. The SMILES string of the molecule is CC(NC(=O)C1(S(=O)(=O)c2ccc(Cl)cc2)CCCC1)c1ccc(F)cc1. The molecule has 0 aliphatic heterocycles. The fourth-order valence-electron chi connectivity index (χ4n) is 3.57. The molecule has 2 aromatic carbocycles. The van der Waals surface area contributed by atoms with Gasteiger partial charge in [0.05, 0.1) is 10.9 Å². The highest BCUT2D eigenvalue weighted by atomic mass is 35.5. The molecule has 27 heavy (non-hydrogen) atoms. The number of carbonyl (C=O) groups excluding carboxylic acids is 1. The van der Waals surface area contributed by atoms with E-state index in [9.17, 15) is 17.6 Å². The maximum Gasteiger partial charge on any atom is 0.242 e. The smallest absolute Gasteiger partial charge is 0.242 e. The quantitative estimate of drug-likeness (QED) is 0.793. The molecule has 1 atom stereocenters. The lowest BCUT2D eigenvalue weighted by Gasteiger charge is -2.29. The molecule has 1 aliphatic carbocycles. The first kappa shape index (κ1) is 19.8. The molecule has 0 heterocycles. The predicted octanol–water partition coefficient (Wildman–Crippen LogP) is 4.44. The van der Waals surface area contributed by atoms with Crippen LogP contribution < -0.4 is 5.32 Å². The maximum atomic E-state index is 13.3. The Morgan fingerprint density at radius 2 is 1.63 bits per heavy atom. The number of halogens is 2. The normalized spacial score (nSPS) is 17.4. The number of sulfone groups is 1. The van der Waals surface area contributed by atoms with E-state index in [1.54, 1.807) is 19.1 Å². The molecule has 0 saturated heterocycles. The van der Waals surface area contributed by atoms with Crippen LogP contribution in [0.4, 0.5) is 4.39 Å². The summed E-state index contributed by atoms with van der Waals surface area (Å²) < 4.78 is 38.3. The van der Waals surface area contributed by atoms with Crippen molar-refractivity contribution in [3.63, 3.8) is 0 Å². The van der Waals surface area contributed by atoms with E-state index < -0.39 is 26.5 Å². The highest BCUT2D eigenvalue weighted by Crippen LogP contribution is 2.41. The summed E-state index contributed by atoms with van der Waals surface area (Å²) in [5, 5.41) is 3.25. The standard InChI is InChI=1S/C20H21ClFNO3S/c1-14(15-4-8-17(22)9-5-15)23-19(24)20(12-2-3-13-20)27(25,26)18-10-6-16(21)7-11-18/h4-11,14H,2-3,12-13H2,1H3,(H,23,24). The van der Waals surface area contributed by atoms with Crippen LogP contribution in [-0.2, 0) is 14.6 Å². The molecule has 0 aromatic heterocycles. The minimum absolute atomic E-state index is 0.0957. The molecule has 0 radical (unpaired) electrons. The Balaban J connectivity index is 1.90. The lowest BCUT2D eigenvalue weighted by atomic mass is 10.0. The molecule has 144 valence electrons. The van der Waals surface area contributed by atoms with Crippen molar-refractivity contribution in [3.05, 3.63) is 64.9 Å². The lowest BCUT2D eigenvalue weighted by Crippen LogP contribution is -2.51. The summed E-state index contributed by atoms with van der Waals surface area (Å²) in [4.78, 5) is 13.2. The van der Waals surface area contributed by atoms with E-state index in [1.807, 2.05) is 0 Å². The van der Waals surface area contributed by atoms with Crippen LogP contribution in [-0.4, -0.2) is 19.1 Å². The molecule has 3 rings (SSSR count). The second kappa shape index (κ2) is 7.60. The van der Waals surface area contributed by atoms with Gasteiger partial charge in [-0.1, -0.05) is 36.6 Å². The molecule has 1 amide bonds. The zero-order valence-electron chi connectivity index (χ0n) is 14.9. The Morgan fingerprint density at radius 3 is 2.19 bits per heavy atom. The molecule has 7 heteroatoms. The fourth-order valence-corrected chi connectivity index (χ4v) is 5.77. The zero-order valence-corrected chi connectivity index (χ0v) is 16.5. The monoisotopic (exact) mass is 409 g/mol. The van der Waals surface area contributed by atoms with Crippen molar-refractivity contribution >= 4 is 27.3 Å². The minimum atomic E-state index is -3.88. The summed E-state index contributed by atoms with van der Waals surface area (Å²) >= 11 is 5.87. The van der Waals surface area contributed by atoms with Gasteiger partial charge in [0, 0.05) is 5.02 Å². The van der Waals surface area contributed by atoms with E-state index in [1.165, 1.54) is 36.4 Å². The summed E-state index contributed by atoms with van der Waals surface area (Å²) in [6, 6.07) is 11.2. The van der Waals surface area contributed by atoms with E-state index in [2.05, 4.69) is 5.32 Å². The third kappa shape index (κ3) is 3.73. The molecule has 4 nitrogen and oxygen atoms in total. The highest BCUT2D eigenvalue weighted by Gasteiger charge is 2.53. The Kier molecular flexibility index (Phi) is 5.58. The molecule has 1 fully saturated rings. The van der Waals surface area contributed by atoms with Crippen LogP contribution in [0.15, 0.2) is 53.4 Å². The number of hydrogen-bond acceptors (Lipinski definition) is 3. The Hall–Kier alpha value is -1.92. The largest absolute Gasteiger partial charge is 0.348 e. The number of benzene rings is 2. The molecular formula is C20H21ClFNO3S. The average molecular weight is 410 g/mol. The van der Waals surface area contributed by atoms with E-state index in [-0.39, 0.29) is 23.6 Å². The van der Waals surface area contributed by atoms with Crippen molar-refractivity contribution in [2.75, 3.05) is 0 Å². The third-order valence-corrected chi connectivity index (χ3v) is 7.95. The first-order chi connectivity index (χ1) is 12.8. The van der Waals surface area contributed by atoms with Gasteiger partial charge in [0.1, 0.15) is 5.82 Å². The topological polar surface area (TPSA) is 63.2 Å². The van der Waals surface area contributed by atoms with Crippen LogP contribution in [0.2, 0.25) is 5.02 Å². The molecule has 1 unspecified atom stereocenters. The molecule has 1 aliphatic rings. The second-order valence-electron chi connectivity index (χ2n) is 6.91. The van der Waals surface area contributed by atoms with Crippen LogP contribution in [0.1, 0.15) is 44.2 Å². The third-order valence-electron chi connectivity index (χ3n) is 5.18. The highest BCUT2D eigenvalue weighted by molar-refractivity contribution is 7.93. The van der Waals surface area contributed by atoms with E-state index in [0.717, 1.165) is 0 Å². The molecule has 1 saturated carbocycles. The van der Waals surface area contributed by atoms with Crippen LogP contribution in [0.5, 0.6) is 0 Å². The average Bonchev–Trinajstić information content (AvgIpc) is 3.14. The molecule has 2 aromatic rings. The van der Waals surface area contributed by atoms with Gasteiger partial charge in [-0.05, 0) is 61.7 Å². The summed E-state index contributed by atoms with van der Waals surface area (Å²) in [5.74, 6) is -0.873. The lowest BCUT2D eigenvalue weighted by molar-refractivity contribution is -0.124. The van der Waals surface area contributed by atoms with Gasteiger partial charge in [-0.2, -0.15) is 0 Å². The summed E-state index contributed by atoms with van der Waals surface area (Å²) in [5.41, 5.74) is 0.710. The molecule has 0 bridgehead atoms. The number of carbonyl (C=O) groups is 1. The zero-order chi connectivity index (χ0) is 19.7. The van der Waals surface area contributed by atoms with Gasteiger partial charge in [0.2, 0.25) is 5.91 Å². The Bertz CT molecular complexity index is 921. The van der Waals surface area contributed by atoms with Crippen LogP contribution >= 0.6 is 11.6 Å². The summed E-state index contributed by atoms with van der Waals surface area (Å²) in [6.45, 7) is 1.75. The van der Waals surface area contributed by atoms with Gasteiger partial charge in [0.15, 0.2) is 14.6 Å². The number of hydrogen-bond donors (Lipinski definition) is 1. The van der Waals surface area contributed by atoms with Crippen molar-refractivity contribution in [1.82, 2.24) is 5.32 Å². The maximum absolute atomic E-state index is 13.3. The van der Waals surface area contributed by atoms with Gasteiger partial charge in [-0.15, -0.1) is 0 Å². The van der Waals surface area contributed by atoms with Crippen molar-refractivity contribution in [3.8, 4) is 0 Å². The molecule has 0 spiro atoms. The van der Waals surface area contributed by atoms with Crippen molar-refractivity contribution < 1.29 is 17.6 Å². The van der Waals surface area contributed by atoms with Gasteiger partial charge >= 0.3 is 0 Å². The first-order valence-electron chi connectivity index (χ1n) is 8.83. The van der Waals surface area contributed by atoms with Gasteiger partial charge in [-0.3, -0.25) is 4.79 Å². The molecule has 1 N–H and O–H groups in total. The van der Waals surface area contributed by atoms with Gasteiger partial charge in [0.25, 0.3) is 0 Å². The van der Waals surface area contributed by atoms with Crippen LogP contribution in [0.3, 0.4) is 0 Å². The van der Waals surface area contributed by atoms with Gasteiger partial charge < -0.3 is 5.32 Å². The number of rotatable bonds is 5. The van der Waals surface area contributed by atoms with Crippen LogP contribution in [0, 0.1) is 5.82 Å². The Morgan fingerprint density at radius 1 is 1.07 bits per heavy atom. The van der Waals surface area contributed by atoms with Crippen molar-refractivity contribution in [1.29, 1.82) is 0 Å². The second-order valence-corrected chi connectivity index (χ2v) is 9.60. The predicted molar refractivity (Wildman–Crippen MR) is 103 cm³/mol. The van der Waals surface area contributed by atoms with Gasteiger partial charge in [-0.25, -0.2) is 12.8 Å². The number of nitrogens with one attached hydrogen (secondary N) is 1. The van der Waals surface area contributed by atoms with Crippen molar-refractivity contribution in [2.45, 2.75) is 48.3 Å². The van der Waals surface area contributed by atoms with E-state index >= 15 is 0 Å². The molecular weight excluding hydrogens is 389 g/mol. The fraction of sp³-hybridized carbons (Fsp3) is 0.350. The van der Waals surface area contributed by atoms with Crippen molar-refractivity contribution in [2.24, 2.45) is 0 Å². The van der Waals surface area contributed by atoms with Crippen LogP contribution in [0.25, 0.3) is 0 Å². The first-order valence-corrected chi connectivity index (χ1v) is 10.7. The Labute approximate surface area is 163 Å². The van der Waals surface area contributed by atoms with E-state index in [4.69, 9.17) is 11.6 Å².